The van der Waals surface area contributed by atoms with Crippen LogP contribution in [0.3, 0.4) is 0 Å². The number of carbonyl (C=O) groups excluding carboxylic acids is 2. The van der Waals surface area contributed by atoms with Gasteiger partial charge in [-0.05, 0) is 34.6 Å². The fourth-order valence-corrected chi connectivity index (χ4v) is 2.64. The third-order valence-electron chi connectivity index (χ3n) is 3.44. The van der Waals surface area contributed by atoms with Crippen LogP contribution in [0.25, 0.3) is 0 Å². The lowest BCUT2D eigenvalue weighted by molar-refractivity contribution is -0.00504. The van der Waals surface area contributed by atoms with Crippen molar-refractivity contribution in [1.82, 2.24) is 25.2 Å². The summed E-state index contributed by atoms with van der Waals surface area (Å²) in [6.07, 6.45) is 1.13. The summed E-state index contributed by atoms with van der Waals surface area (Å²) in [5.74, 6) is -0.183. The molecular formula is C14H23N5O3. The Bertz CT molecular complexity index is 525. The van der Waals surface area contributed by atoms with Crippen molar-refractivity contribution in [3.05, 3.63) is 11.9 Å². The first-order valence-corrected chi connectivity index (χ1v) is 7.36. The van der Waals surface area contributed by atoms with Crippen LogP contribution in [-0.2, 0) is 4.74 Å². The molecule has 122 valence electrons. The maximum Gasteiger partial charge on any atom is 0.410 e. The topological polar surface area (TPSA) is 91.4 Å². The van der Waals surface area contributed by atoms with Gasteiger partial charge in [-0.25, -0.2) is 4.79 Å². The molecule has 2 amide bonds. The molecule has 1 aromatic rings. The van der Waals surface area contributed by atoms with E-state index in [2.05, 4.69) is 15.4 Å². The van der Waals surface area contributed by atoms with E-state index in [9.17, 15) is 9.59 Å². The summed E-state index contributed by atoms with van der Waals surface area (Å²) in [7, 11) is 0. The minimum atomic E-state index is -0.531. The van der Waals surface area contributed by atoms with Gasteiger partial charge < -0.3 is 14.5 Å². The first-order chi connectivity index (χ1) is 10.2. The molecule has 2 heterocycles. The van der Waals surface area contributed by atoms with Gasteiger partial charge >= 0.3 is 6.09 Å². The molecule has 2 rings (SSSR count). The third kappa shape index (κ3) is 3.55. The van der Waals surface area contributed by atoms with Crippen molar-refractivity contribution in [3.63, 3.8) is 0 Å². The molecule has 2 atom stereocenters. The van der Waals surface area contributed by atoms with E-state index in [1.807, 2.05) is 34.6 Å². The quantitative estimate of drug-likeness (QED) is 0.843. The lowest BCUT2D eigenvalue weighted by Crippen LogP contribution is -2.60. The Morgan fingerprint density at radius 1 is 1.27 bits per heavy atom. The molecule has 1 aliphatic heterocycles. The van der Waals surface area contributed by atoms with Gasteiger partial charge in [-0.15, -0.1) is 5.10 Å². The molecule has 1 fully saturated rings. The molecule has 1 aliphatic rings. The van der Waals surface area contributed by atoms with Crippen LogP contribution >= 0.6 is 0 Å². The van der Waals surface area contributed by atoms with Crippen LogP contribution in [0.15, 0.2) is 6.20 Å². The number of nitrogens with zero attached hydrogens (tertiary/aromatic N) is 4. The Labute approximate surface area is 129 Å². The highest BCUT2D eigenvalue weighted by Crippen LogP contribution is 2.20. The van der Waals surface area contributed by atoms with Crippen LogP contribution in [0.2, 0.25) is 0 Å². The second-order valence-electron chi connectivity index (χ2n) is 6.65. The van der Waals surface area contributed by atoms with Gasteiger partial charge in [0.15, 0.2) is 5.69 Å². The average molecular weight is 309 g/mol. The molecule has 8 nitrogen and oxygen atoms in total. The second-order valence-corrected chi connectivity index (χ2v) is 6.65. The Hall–Kier alpha value is -2.12. The van der Waals surface area contributed by atoms with Crippen molar-refractivity contribution in [2.24, 2.45) is 0 Å². The predicted octanol–water partition coefficient (Wildman–Crippen LogP) is 1.27. The molecular weight excluding hydrogens is 286 g/mol. The predicted molar refractivity (Wildman–Crippen MR) is 79.3 cm³/mol. The summed E-state index contributed by atoms with van der Waals surface area (Å²) in [5.41, 5.74) is -0.249. The fourth-order valence-electron chi connectivity index (χ4n) is 2.64. The summed E-state index contributed by atoms with van der Waals surface area (Å²) in [6, 6.07) is -0.249. The molecule has 0 saturated carbocycles. The molecule has 0 bridgehead atoms. The van der Waals surface area contributed by atoms with Crippen LogP contribution in [0.4, 0.5) is 4.79 Å². The first kappa shape index (κ1) is 16.3. The van der Waals surface area contributed by atoms with Crippen LogP contribution in [0.5, 0.6) is 0 Å². The highest BCUT2D eigenvalue weighted by Gasteiger charge is 2.37. The van der Waals surface area contributed by atoms with E-state index in [4.69, 9.17) is 4.74 Å². The van der Waals surface area contributed by atoms with Crippen molar-refractivity contribution in [2.75, 3.05) is 13.1 Å². The Morgan fingerprint density at radius 3 is 2.32 bits per heavy atom. The van der Waals surface area contributed by atoms with E-state index in [-0.39, 0.29) is 29.8 Å². The van der Waals surface area contributed by atoms with Crippen molar-refractivity contribution < 1.29 is 14.3 Å². The molecule has 0 aliphatic carbocycles. The van der Waals surface area contributed by atoms with Gasteiger partial charge in [-0.2, -0.15) is 0 Å². The zero-order chi connectivity index (χ0) is 16.5. The molecule has 0 radical (unpaired) electrons. The van der Waals surface area contributed by atoms with Gasteiger partial charge in [0, 0.05) is 25.2 Å². The normalized spacial score (nSPS) is 22.6. The summed E-state index contributed by atoms with van der Waals surface area (Å²) in [4.78, 5) is 28.0. The van der Waals surface area contributed by atoms with Crippen molar-refractivity contribution in [1.29, 1.82) is 0 Å². The Balaban J connectivity index is 2.06. The van der Waals surface area contributed by atoms with E-state index in [0.717, 1.165) is 0 Å². The number of ether oxygens (including phenoxy) is 1. The molecule has 22 heavy (non-hydrogen) atoms. The van der Waals surface area contributed by atoms with E-state index in [1.54, 1.807) is 9.80 Å². The number of rotatable bonds is 1. The van der Waals surface area contributed by atoms with Crippen molar-refractivity contribution in [3.8, 4) is 0 Å². The zero-order valence-corrected chi connectivity index (χ0v) is 13.7. The number of hydrogen-bond acceptors (Lipinski definition) is 5. The van der Waals surface area contributed by atoms with E-state index in [0.29, 0.717) is 13.1 Å². The molecule has 8 heteroatoms. The van der Waals surface area contributed by atoms with Crippen molar-refractivity contribution in [2.45, 2.75) is 52.3 Å². The number of amides is 2. The lowest BCUT2D eigenvalue weighted by Gasteiger charge is -2.44. The molecule has 0 unspecified atom stereocenters. The largest absolute Gasteiger partial charge is 0.444 e. The first-order valence-electron chi connectivity index (χ1n) is 7.36. The lowest BCUT2D eigenvalue weighted by atomic mass is 10.1. The Kier molecular flexibility index (Phi) is 4.39. The summed E-state index contributed by atoms with van der Waals surface area (Å²) >= 11 is 0. The third-order valence-corrected chi connectivity index (χ3v) is 3.44. The molecule has 0 aromatic carbocycles. The molecule has 0 spiro atoms. The highest BCUT2D eigenvalue weighted by molar-refractivity contribution is 5.92. The SMILES string of the molecule is C[C@@H]1CN(C(=O)OC(C)(C)C)C[C@H](C)N1C(=O)c1c[nH]nn1. The Morgan fingerprint density at radius 2 is 1.86 bits per heavy atom. The second kappa shape index (κ2) is 5.94. The number of aromatic amines is 1. The van der Waals surface area contributed by atoms with Crippen molar-refractivity contribution >= 4 is 12.0 Å². The van der Waals surface area contributed by atoms with Crippen LogP contribution < -0.4 is 0 Å². The van der Waals surface area contributed by atoms with Crippen LogP contribution in [0, 0.1) is 0 Å². The van der Waals surface area contributed by atoms with E-state index in [1.165, 1.54) is 6.20 Å². The van der Waals surface area contributed by atoms with Crippen LogP contribution in [-0.4, -0.2) is 68.0 Å². The van der Waals surface area contributed by atoms with Crippen LogP contribution in [0.1, 0.15) is 45.1 Å². The minimum Gasteiger partial charge on any atom is -0.444 e. The summed E-state index contributed by atoms with van der Waals surface area (Å²) < 4.78 is 5.40. The number of piperazine rings is 1. The average Bonchev–Trinajstić information content (AvgIpc) is 2.89. The summed E-state index contributed by atoms with van der Waals surface area (Å²) in [5, 5.41) is 9.86. The van der Waals surface area contributed by atoms with Gasteiger partial charge in [0.1, 0.15) is 5.60 Å². The smallest absolute Gasteiger partial charge is 0.410 e. The van der Waals surface area contributed by atoms with Gasteiger partial charge in [-0.3, -0.25) is 9.89 Å². The maximum absolute atomic E-state index is 12.5. The number of hydrogen-bond donors (Lipinski definition) is 1. The molecule has 1 N–H and O–H groups in total. The summed E-state index contributed by atoms with van der Waals surface area (Å²) in [6.45, 7) is 10.2. The minimum absolute atomic E-state index is 0.125. The molecule has 1 saturated heterocycles. The number of H-pyrrole nitrogens is 1. The van der Waals surface area contributed by atoms with E-state index >= 15 is 0 Å². The number of carbonyl (C=O) groups is 2. The maximum atomic E-state index is 12.5. The van der Waals surface area contributed by atoms with Gasteiger partial charge in [-0.1, -0.05) is 5.21 Å². The number of aromatic nitrogens is 3. The monoisotopic (exact) mass is 309 g/mol. The van der Waals surface area contributed by atoms with Gasteiger partial charge in [0.25, 0.3) is 5.91 Å². The van der Waals surface area contributed by atoms with E-state index < -0.39 is 5.60 Å². The fraction of sp³-hybridized carbons (Fsp3) is 0.714. The molecule has 1 aromatic heterocycles. The van der Waals surface area contributed by atoms with Gasteiger partial charge in [0.05, 0.1) is 6.20 Å². The standard InChI is InChI=1S/C14H23N5O3/c1-9-7-18(13(21)22-14(3,4)5)8-10(2)19(9)12(20)11-6-15-17-16-11/h6,9-10H,7-8H2,1-5H3,(H,15,16,17)/t9-,10+. The number of nitrogens with one attached hydrogen (secondary N) is 1. The zero-order valence-electron chi connectivity index (χ0n) is 13.7. The highest BCUT2D eigenvalue weighted by atomic mass is 16.6. The van der Waals surface area contributed by atoms with Gasteiger partial charge in [0.2, 0.25) is 0 Å².